The van der Waals surface area contributed by atoms with Crippen molar-refractivity contribution in [3.8, 4) is 0 Å². The van der Waals surface area contributed by atoms with Crippen molar-refractivity contribution in [1.82, 2.24) is 4.98 Å². The Balaban J connectivity index is 2.31. The lowest BCUT2D eigenvalue weighted by atomic mass is 10.4. The quantitative estimate of drug-likeness (QED) is 0.781. The zero-order chi connectivity index (χ0) is 11.1. The molecule has 0 aliphatic rings. The number of nitrogens with one attached hydrogen (secondary N) is 1. The van der Waals surface area contributed by atoms with E-state index in [-0.39, 0.29) is 0 Å². The third-order valence-electron chi connectivity index (χ3n) is 1.82. The van der Waals surface area contributed by atoms with Crippen LogP contribution in [-0.4, -0.2) is 24.7 Å². The van der Waals surface area contributed by atoms with E-state index in [0.29, 0.717) is 5.69 Å². The first-order valence-corrected chi connectivity index (χ1v) is 5.76. The van der Waals surface area contributed by atoms with Crippen LogP contribution in [0.2, 0.25) is 0 Å². The van der Waals surface area contributed by atoms with Crippen LogP contribution >= 0.6 is 15.9 Å². The third kappa shape index (κ3) is 4.48. The molecule has 0 fully saturated rings. The Morgan fingerprint density at radius 3 is 3.07 bits per heavy atom. The van der Waals surface area contributed by atoms with Gasteiger partial charge in [-0.1, -0.05) is 0 Å². The Bertz CT molecular complexity index is 307. The minimum absolute atomic E-state index is 0.654. The average Bonchev–Trinajstić information content (AvgIpc) is 2.20. The number of hydrogen-bond acceptors (Lipinski definition) is 4. The molecular formula is C10H16BrN3O. The number of nitrogens with zero attached hydrogens (tertiary/aromatic N) is 1. The molecule has 0 spiro atoms. The van der Waals surface area contributed by atoms with Crippen molar-refractivity contribution < 1.29 is 4.74 Å². The van der Waals surface area contributed by atoms with Gasteiger partial charge < -0.3 is 15.8 Å². The van der Waals surface area contributed by atoms with Gasteiger partial charge in [-0.05, 0) is 35.3 Å². The molecular weight excluding hydrogens is 258 g/mol. The summed E-state index contributed by atoms with van der Waals surface area (Å²) < 4.78 is 6.12. The molecule has 15 heavy (non-hydrogen) atoms. The minimum Gasteiger partial charge on any atom is -0.397 e. The van der Waals surface area contributed by atoms with Gasteiger partial charge in [-0.3, -0.25) is 0 Å². The molecule has 0 aliphatic carbocycles. The normalized spacial score (nSPS) is 10.3. The van der Waals surface area contributed by atoms with Crippen molar-refractivity contribution in [2.24, 2.45) is 0 Å². The van der Waals surface area contributed by atoms with E-state index in [1.165, 1.54) is 0 Å². The maximum absolute atomic E-state index is 5.58. The number of ether oxygens (including phenoxy) is 1. The average molecular weight is 274 g/mol. The summed E-state index contributed by atoms with van der Waals surface area (Å²) in [7, 11) is 0. The van der Waals surface area contributed by atoms with E-state index in [2.05, 4.69) is 26.2 Å². The summed E-state index contributed by atoms with van der Waals surface area (Å²) in [5.41, 5.74) is 6.24. The maximum atomic E-state index is 5.58. The van der Waals surface area contributed by atoms with Gasteiger partial charge in [-0.25, -0.2) is 4.98 Å². The fourth-order valence-electron chi connectivity index (χ4n) is 1.11. The van der Waals surface area contributed by atoms with E-state index in [4.69, 9.17) is 10.5 Å². The highest BCUT2D eigenvalue weighted by Gasteiger charge is 2.00. The fourth-order valence-corrected chi connectivity index (χ4v) is 1.62. The number of aromatic nitrogens is 1. The van der Waals surface area contributed by atoms with Crippen molar-refractivity contribution in [2.75, 3.05) is 30.8 Å². The molecule has 0 saturated carbocycles. The minimum atomic E-state index is 0.654. The van der Waals surface area contributed by atoms with Crippen LogP contribution in [0.4, 0.5) is 11.5 Å². The zero-order valence-electron chi connectivity index (χ0n) is 8.79. The summed E-state index contributed by atoms with van der Waals surface area (Å²) in [6.07, 6.45) is 2.60. The lowest BCUT2D eigenvalue weighted by Gasteiger charge is -2.07. The van der Waals surface area contributed by atoms with Gasteiger partial charge in [0.2, 0.25) is 0 Å². The van der Waals surface area contributed by atoms with Gasteiger partial charge in [-0.2, -0.15) is 0 Å². The van der Waals surface area contributed by atoms with Gasteiger partial charge in [0, 0.05) is 19.8 Å². The number of hydrogen-bond donors (Lipinski definition) is 2. The Kier molecular flexibility index (Phi) is 5.42. The van der Waals surface area contributed by atoms with Gasteiger partial charge in [0.15, 0.2) is 0 Å². The number of halogens is 1. The molecule has 4 nitrogen and oxygen atoms in total. The Labute approximate surface area is 98.3 Å². The van der Waals surface area contributed by atoms with Crippen LogP contribution in [-0.2, 0) is 4.74 Å². The topological polar surface area (TPSA) is 60.2 Å². The molecule has 0 radical (unpaired) electrons. The van der Waals surface area contributed by atoms with E-state index in [9.17, 15) is 0 Å². The van der Waals surface area contributed by atoms with Crippen LogP contribution in [0.25, 0.3) is 0 Å². The van der Waals surface area contributed by atoms with Crippen LogP contribution in [0, 0.1) is 0 Å². The van der Waals surface area contributed by atoms with Gasteiger partial charge in [0.05, 0.1) is 16.4 Å². The van der Waals surface area contributed by atoms with Gasteiger partial charge >= 0.3 is 0 Å². The molecule has 0 amide bonds. The third-order valence-corrected chi connectivity index (χ3v) is 2.43. The van der Waals surface area contributed by atoms with Crippen LogP contribution < -0.4 is 11.1 Å². The summed E-state index contributed by atoms with van der Waals surface area (Å²) in [5, 5.41) is 3.21. The predicted molar refractivity (Wildman–Crippen MR) is 65.9 cm³/mol. The molecule has 1 rings (SSSR count). The number of rotatable bonds is 6. The number of nitrogens with two attached hydrogens (primary N) is 1. The molecule has 0 bridgehead atoms. The van der Waals surface area contributed by atoms with Crippen molar-refractivity contribution in [1.29, 1.82) is 0 Å². The molecule has 3 N–H and O–H groups in total. The van der Waals surface area contributed by atoms with Crippen LogP contribution in [0.1, 0.15) is 13.3 Å². The summed E-state index contributed by atoms with van der Waals surface area (Å²) in [6, 6.07) is 1.83. The molecule has 0 aromatic carbocycles. The first kappa shape index (κ1) is 12.3. The van der Waals surface area contributed by atoms with E-state index in [0.717, 1.165) is 36.5 Å². The first-order valence-electron chi connectivity index (χ1n) is 4.96. The van der Waals surface area contributed by atoms with Crippen molar-refractivity contribution in [2.45, 2.75) is 13.3 Å². The predicted octanol–water partition coefficient (Wildman–Crippen LogP) is 2.26. The standard InChI is InChI=1S/C10H16BrN3O/c1-2-15-5-3-4-13-10-9(11)6-8(12)7-14-10/h6-7H,2-5,12H2,1H3,(H,13,14). The zero-order valence-corrected chi connectivity index (χ0v) is 10.4. The second-order valence-electron chi connectivity index (χ2n) is 3.08. The highest BCUT2D eigenvalue weighted by Crippen LogP contribution is 2.21. The molecule has 0 saturated heterocycles. The van der Waals surface area contributed by atoms with E-state index in [1.54, 1.807) is 6.20 Å². The molecule has 1 aromatic rings. The number of anilines is 2. The molecule has 5 heteroatoms. The Morgan fingerprint density at radius 1 is 1.60 bits per heavy atom. The smallest absolute Gasteiger partial charge is 0.140 e. The van der Waals surface area contributed by atoms with E-state index < -0.39 is 0 Å². The summed E-state index contributed by atoms with van der Waals surface area (Å²) in [6.45, 7) is 4.38. The molecule has 84 valence electrons. The second-order valence-corrected chi connectivity index (χ2v) is 3.93. The number of pyridine rings is 1. The lowest BCUT2D eigenvalue weighted by molar-refractivity contribution is 0.147. The number of nitrogen functional groups attached to an aromatic ring is 1. The molecule has 0 unspecified atom stereocenters. The highest BCUT2D eigenvalue weighted by atomic mass is 79.9. The monoisotopic (exact) mass is 273 g/mol. The van der Waals surface area contributed by atoms with Gasteiger partial charge in [0.1, 0.15) is 5.82 Å². The van der Waals surface area contributed by atoms with Crippen molar-refractivity contribution in [3.05, 3.63) is 16.7 Å². The van der Waals surface area contributed by atoms with E-state index >= 15 is 0 Å². The van der Waals surface area contributed by atoms with Gasteiger partial charge in [0.25, 0.3) is 0 Å². The van der Waals surface area contributed by atoms with Crippen LogP contribution in [0.5, 0.6) is 0 Å². The maximum Gasteiger partial charge on any atom is 0.140 e. The molecule has 1 aromatic heterocycles. The fraction of sp³-hybridized carbons (Fsp3) is 0.500. The SMILES string of the molecule is CCOCCCNc1ncc(N)cc1Br. The second kappa shape index (κ2) is 6.63. The molecule has 0 aliphatic heterocycles. The van der Waals surface area contributed by atoms with Crippen LogP contribution in [0.15, 0.2) is 16.7 Å². The first-order chi connectivity index (χ1) is 7.24. The lowest BCUT2D eigenvalue weighted by Crippen LogP contribution is -2.07. The summed E-state index contributed by atoms with van der Waals surface area (Å²) in [4.78, 5) is 4.17. The Hall–Kier alpha value is -0.810. The van der Waals surface area contributed by atoms with Crippen LogP contribution in [0.3, 0.4) is 0 Å². The molecule has 1 heterocycles. The summed E-state index contributed by atoms with van der Waals surface area (Å²) in [5.74, 6) is 0.820. The van der Waals surface area contributed by atoms with Gasteiger partial charge in [-0.15, -0.1) is 0 Å². The van der Waals surface area contributed by atoms with E-state index in [1.807, 2.05) is 13.0 Å². The largest absolute Gasteiger partial charge is 0.397 e. The van der Waals surface area contributed by atoms with Crippen molar-refractivity contribution in [3.63, 3.8) is 0 Å². The molecule has 0 atom stereocenters. The van der Waals surface area contributed by atoms with Crippen molar-refractivity contribution >= 4 is 27.4 Å². The Morgan fingerprint density at radius 2 is 2.40 bits per heavy atom. The summed E-state index contributed by atoms with van der Waals surface area (Å²) >= 11 is 3.39. The highest BCUT2D eigenvalue weighted by molar-refractivity contribution is 9.10.